The summed E-state index contributed by atoms with van der Waals surface area (Å²) < 4.78 is 11.8. The minimum absolute atomic E-state index is 0.0828. The Bertz CT molecular complexity index is 813. The van der Waals surface area contributed by atoms with Gasteiger partial charge in [-0.2, -0.15) is 0 Å². The van der Waals surface area contributed by atoms with Crippen LogP contribution in [0, 0.1) is 6.92 Å². The standard InChI is InChI=1S/C24H31N3O3/c1-19-3-2-4-23(17-19)29-18-24(28)27-13-7-20(8-14-27)26-15-9-22(10-16-26)30-21-5-11-25-12-6-21/h2-6,11-12,17,20,22H,7-10,13-16,18H2,1H3. The van der Waals surface area contributed by atoms with Gasteiger partial charge in [-0.05, 0) is 62.4 Å². The summed E-state index contributed by atoms with van der Waals surface area (Å²) in [7, 11) is 0. The number of piperidine rings is 2. The number of likely N-dealkylation sites (tertiary alicyclic amines) is 2. The van der Waals surface area contributed by atoms with Gasteiger partial charge in [-0.1, -0.05) is 12.1 Å². The number of nitrogens with zero attached hydrogens (tertiary/aromatic N) is 3. The van der Waals surface area contributed by atoms with E-state index in [9.17, 15) is 4.79 Å². The fraction of sp³-hybridized carbons (Fsp3) is 0.500. The van der Waals surface area contributed by atoms with Crippen molar-refractivity contribution >= 4 is 5.91 Å². The normalized spacial score (nSPS) is 18.9. The molecule has 0 spiro atoms. The summed E-state index contributed by atoms with van der Waals surface area (Å²) in [6.45, 7) is 5.89. The van der Waals surface area contributed by atoms with Crippen LogP contribution in [0.5, 0.6) is 11.5 Å². The number of benzene rings is 1. The van der Waals surface area contributed by atoms with Crippen LogP contribution in [0.15, 0.2) is 48.8 Å². The van der Waals surface area contributed by atoms with Crippen LogP contribution in [0.2, 0.25) is 0 Å². The Balaban J connectivity index is 1.17. The largest absolute Gasteiger partial charge is 0.490 e. The van der Waals surface area contributed by atoms with Gasteiger partial charge in [0.25, 0.3) is 5.91 Å². The molecule has 2 saturated heterocycles. The van der Waals surface area contributed by atoms with E-state index in [-0.39, 0.29) is 18.6 Å². The second kappa shape index (κ2) is 9.94. The second-order valence-corrected chi connectivity index (χ2v) is 8.25. The molecule has 160 valence electrons. The topological polar surface area (TPSA) is 54.9 Å². The number of hydrogen-bond acceptors (Lipinski definition) is 5. The van der Waals surface area contributed by atoms with E-state index >= 15 is 0 Å². The minimum Gasteiger partial charge on any atom is -0.490 e. The lowest BCUT2D eigenvalue weighted by molar-refractivity contribution is -0.135. The van der Waals surface area contributed by atoms with Crippen molar-refractivity contribution in [3.8, 4) is 11.5 Å². The Kier molecular flexibility index (Phi) is 6.84. The predicted molar refractivity (Wildman–Crippen MR) is 116 cm³/mol. The number of carbonyl (C=O) groups is 1. The van der Waals surface area contributed by atoms with Crippen LogP contribution in [-0.2, 0) is 4.79 Å². The molecule has 3 heterocycles. The van der Waals surface area contributed by atoms with E-state index in [0.29, 0.717) is 6.04 Å². The smallest absolute Gasteiger partial charge is 0.260 e. The maximum atomic E-state index is 12.5. The van der Waals surface area contributed by atoms with Crippen molar-refractivity contribution in [1.82, 2.24) is 14.8 Å². The van der Waals surface area contributed by atoms with E-state index in [2.05, 4.69) is 9.88 Å². The zero-order chi connectivity index (χ0) is 20.8. The van der Waals surface area contributed by atoms with E-state index in [1.807, 2.05) is 48.2 Å². The van der Waals surface area contributed by atoms with Crippen LogP contribution in [0.4, 0.5) is 0 Å². The lowest BCUT2D eigenvalue weighted by Crippen LogP contribution is -2.50. The summed E-state index contributed by atoms with van der Waals surface area (Å²) in [6.07, 6.45) is 7.98. The third kappa shape index (κ3) is 5.51. The summed E-state index contributed by atoms with van der Waals surface area (Å²) in [5, 5.41) is 0. The average molecular weight is 410 g/mol. The monoisotopic (exact) mass is 409 g/mol. The second-order valence-electron chi connectivity index (χ2n) is 8.25. The molecule has 2 fully saturated rings. The fourth-order valence-electron chi connectivity index (χ4n) is 4.39. The zero-order valence-corrected chi connectivity index (χ0v) is 17.7. The van der Waals surface area contributed by atoms with Crippen molar-refractivity contribution in [1.29, 1.82) is 0 Å². The maximum absolute atomic E-state index is 12.5. The van der Waals surface area contributed by atoms with E-state index in [4.69, 9.17) is 9.47 Å². The van der Waals surface area contributed by atoms with E-state index in [1.165, 1.54) is 0 Å². The molecule has 2 aromatic rings. The molecule has 6 nitrogen and oxygen atoms in total. The van der Waals surface area contributed by atoms with E-state index in [0.717, 1.165) is 68.9 Å². The first-order valence-electron chi connectivity index (χ1n) is 11.0. The number of pyridine rings is 1. The van der Waals surface area contributed by atoms with Gasteiger partial charge in [-0.25, -0.2) is 0 Å². The Morgan fingerprint density at radius 3 is 2.43 bits per heavy atom. The maximum Gasteiger partial charge on any atom is 0.260 e. The van der Waals surface area contributed by atoms with Crippen LogP contribution in [0.25, 0.3) is 0 Å². The van der Waals surface area contributed by atoms with Gasteiger partial charge in [-0.3, -0.25) is 14.7 Å². The molecule has 0 N–H and O–H groups in total. The van der Waals surface area contributed by atoms with Crippen LogP contribution in [0.3, 0.4) is 0 Å². The summed E-state index contributed by atoms with van der Waals surface area (Å²) in [5.74, 6) is 1.75. The van der Waals surface area contributed by atoms with Crippen molar-refractivity contribution in [3.63, 3.8) is 0 Å². The van der Waals surface area contributed by atoms with Crippen molar-refractivity contribution in [2.75, 3.05) is 32.8 Å². The van der Waals surface area contributed by atoms with Gasteiger partial charge in [-0.15, -0.1) is 0 Å². The number of aryl methyl sites for hydroxylation is 1. The SMILES string of the molecule is Cc1cccc(OCC(=O)N2CCC(N3CCC(Oc4ccncc4)CC3)CC2)c1. The predicted octanol–water partition coefficient (Wildman–Crippen LogP) is 3.30. The molecule has 6 heteroatoms. The Morgan fingerprint density at radius 2 is 1.73 bits per heavy atom. The molecule has 0 unspecified atom stereocenters. The summed E-state index contributed by atoms with van der Waals surface area (Å²) in [4.78, 5) is 21.1. The van der Waals surface area contributed by atoms with Gasteiger partial charge in [0.1, 0.15) is 17.6 Å². The lowest BCUT2D eigenvalue weighted by atomic mass is 9.99. The average Bonchev–Trinajstić information content (AvgIpc) is 2.79. The van der Waals surface area contributed by atoms with Crippen molar-refractivity contribution in [2.24, 2.45) is 0 Å². The minimum atomic E-state index is 0.0828. The van der Waals surface area contributed by atoms with Crippen LogP contribution >= 0.6 is 0 Å². The Labute approximate surface area is 178 Å². The Morgan fingerprint density at radius 1 is 1.00 bits per heavy atom. The molecule has 0 bridgehead atoms. The molecular weight excluding hydrogens is 378 g/mol. The Hall–Kier alpha value is -2.60. The van der Waals surface area contributed by atoms with E-state index < -0.39 is 0 Å². The van der Waals surface area contributed by atoms with Gasteiger partial charge in [0.15, 0.2) is 6.61 Å². The molecule has 2 aliphatic heterocycles. The highest BCUT2D eigenvalue weighted by molar-refractivity contribution is 5.77. The highest BCUT2D eigenvalue weighted by Gasteiger charge is 2.30. The third-order valence-corrected chi connectivity index (χ3v) is 6.11. The number of hydrogen-bond donors (Lipinski definition) is 0. The molecule has 1 amide bonds. The summed E-state index contributed by atoms with van der Waals surface area (Å²) in [5.41, 5.74) is 1.13. The van der Waals surface area contributed by atoms with Gasteiger partial charge in [0.2, 0.25) is 0 Å². The van der Waals surface area contributed by atoms with Gasteiger partial charge >= 0.3 is 0 Å². The van der Waals surface area contributed by atoms with Gasteiger partial charge in [0, 0.05) is 44.6 Å². The highest BCUT2D eigenvalue weighted by atomic mass is 16.5. The van der Waals surface area contributed by atoms with Gasteiger partial charge in [0.05, 0.1) is 0 Å². The molecule has 4 rings (SSSR count). The molecule has 0 saturated carbocycles. The molecule has 0 atom stereocenters. The first-order valence-corrected chi connectivity index (χ1v) is 11.0. The summed E-state index contributed by atoms with van der Waals surface area (Å²) in [6, 6.07) is 12.2. The number of ether oxygens (including phenoxy) is 2. The number of rotatable bonds is 6. The lowest BCUT2D eigenvalue weighted by Gasteiger charge is -2.41. The van der Waals surface area contributed by atoms with Crippen molar-refractivity contribution < 1.29 is 14.3 Å². The highest BCUT2D eigenvalue weighted by Crippen LogP contribution is 2.24. The number of amides is 1. The molecule has 1 aromatic carbocycles. The van der Waals surface area contributed by atoms with Crippen LogP contribution < -0.4 is 9.47 Å². The third-order valence-electron chi connectivity index (χ3n) is 6.11. The molecule has 2 aliphatic rings. The van der Waals surface area contributed by atoms with Crippen molar-refractivity contribution in [2.45, 2.75) is 44.8 Å². The molecule has 30 heavy (non-hydrogen) atoms. The quantitative estimate of drug-likeness (QED) is 0.733. The first kappa shape index (κ1) is 20.7. The zero-order valence-electron chi connectivity index (χ0n) is 17.7. The molecule has 0 radical (unpaired) electrons. The van der Waals surface area contributed by atoms with E-state index in [1.54, 1.807) is 12.4 Å². The molecule has 1 aromatic heterocycles. The fourth-order valence-corrected chi connectivity index (χ4v) is 4.39. The number of aromatic nitrogens is 1. The summed E-state index contributed by atoms with van der Waals surface area (Å²) >= 11 is 0. The number of carbonyl (C=O) groups excluding carboxylic acids is 1. The first-order chi connectivity index (χ1) is 14.7. The van der Waals surface area contributed by atoms with Crippen LogP contribution in [-0.4, -0.2) is 65.6 Å². The van der Waals surface area contributed by atoms with Crippen LogP contribution in [0.1, 0.15) is 31.2 Å². The molecular formula is C24H31N3O3. The van der Waals surface area contributed by atoms with Gasteiger partial charge < -0.3 is 14.4 Å². The molecule has 0 aliphatic carbocycles. The van der Waals surface area contributed by atoms with Crippen molar-refractivity contribution in [3.05, 3.63) is 54.4 Å².